The Bertz CT molecular complexity index is 1250. The summed E-state index contributed by atoms with van der Waals surface area (Å²) in [5.74, 6) is 2.78. The minimum atomic E-state index is -4.03. The van der Waals surface area contributed by atoms with E-state index in [0.717, 1.165) is 24.8 Å². The normalized spacial score (nSPS) is 27.6. The lowest BCUT2D eigenvalue weighted by Gasteiger charge is -2.32. The number of nitrogens with two attached hydrogens (primary N) is 2. The molecule has 1 saturated carbocycles. The maximum atomic E-state index is 13.4. The zero-order valence-electron chi connectivity index (χ0n) is 19.8. The molecule has 2 aromatic rings. The number of hydrogen-bond acceptors (Lipinski definition) is 8. The third-order valence-corrected chi connectivity index (χ3v) is 8.74. The first-order valence-electron chi connectivity index (χ1n) is 11.7. The summed E-state index contributed by atoms with van der Waals surface area (Å²) in [7, 11) is -2.33. The van der Waals surface area contributed by atoms with Gasteiger partial charge in [0.2, 0.25) is 15.9 Å². The van der Waals surface area contributed by atoms with E-state index < -0.39 is 39.2 Å². The third-order valence-electron chi connectivity index (χ3n) is 7.14. The van der Waals surface area contributed by atoms with Gasteiger partial charge in [-0.15, -0.1) is 0 Å². The van der Waals surface area contributed by atoms with Gasteiger partial charge in [-0.2, -0.15) is 5.10 Å². The quantitative estimate of drug-likeness (QED) is 0.228. The highest BCUT2D eigenvalue weighted by molar-refractivity contribution is 7.89. The summed E-state index contributed by atoms with van der Waals surface area (Å²) in [6.45, 7) is 3.02. The van der Waals surface area contributed by atoms with Crippen molar-refractivity contribution in [1.29, 1.82) is 0 Å². The highest BCUT2D eigenvalue weighted by Crippen LogP contribution is 2.49. The fourth-order valence-electron chi connectivity index (χ4n) is 5.10. The van der Waals surface area contributed by atoms with Gasteiger partial charge in [-0.3, -0.25) is 9.59 Å². The van der Waals surface area contributed by atoms with Crippen LogP contribution in [0.4, 0.5) is 0 Å². The molecular weight excluding hydrogens is 468 g/mol. The molecular formula is C24H32N6O4S. The first-order valence-corrected chi connectivity index (χ1v) is 13.1. The second kappa shape index (κ2) is 9.65. The fraction of sp³-hybridized carbons (Fsp3) is 0.458. The van der Waals surface area contributed by atoms with Crippen molar-refractivity contribution in [1.82, 2.24) is 14.9 Å². The number of carbonyl (C=O) groups is 2. The molecule has 6 N–H and O–H groups in total. The molecule has 10 nitrogen and oxygen atoms in total. The Kier molecular flexibility index (Phi) is 6.96. The smallest absolute Gasteiger partial charge is 0.241 e. The van der Waals surface area contributed by atoms with Crippen molar-refractivity contribution >= 4 is 38.7 Å². The number of Topliss-reactive ketones (excluding diaryl/α,β-unsaturated/α-hetero) is 1. The van der Waals surface area contributed by atoms with E-state index in [1.165, 1.54) is 19.2 Å². The molecule has 1 amide bonds. The number of rotatable bonds is 8. The Hall–Kier alpha value is -2.86. The molecule has 1 saturated heterocycles. The molecule has 1 aliphatic carbocycles. The van der Waals surface area contributed by atoms with Gasteiger partial charge in [-0.25, -0.2) is 13.1 Å². The van der Waals surface area contributed by atoms with Crippen molar-refractivity contribution in [3.63, 3.8) is 0 Å². The van der Waals surface area contributed by atoms with Crippen LogP contribution >= 0.6 is 0 Å². The number of amides is 1. The van der Waals surface area contributed by atoms with Crippen molar-refractivity contribution in [3.05, 3.63) is 42.5 Å². The molecule has 4 rings (SSSR count). The SMILES string of the molecule is C[C@H](NS(=O)(=O)c1cccc2ccccc12)C(=O)C1[C@H](C(=O)N(C)C2CCCNC2)C1(N)C=NN. The number of hydrogen-bond donors (Lipinski definition) is 4. The van der Waals surface area contributed by atoms with Crippen molar-refractivity contribution < 1.29 is 18.0 Å². The van der Waals surface area contributed by atoms with E-state index in [-0.39, 0.29) is 16.8 Å². The van der Waals surface area contributed by atoms with E-state index in [0.29, 0.717) is 11.9 Å². The highest BCUT2D eigenvalue weighted by Gasteiger charge is 2.70. The predicted octanol–water partition coefficient (Wildman–Crippen LogP) is 0.174. The number of hydrazone groups is 1. The van der Waals surface area contributed by atoms with E-state index in [1.54, 1.807) is 30.1 Å². The molecule has 0 spiro atoms. The molecule has 0 radical (unpaired) electrons. The van der Waals surface area contributed by atoms with Gasteiger partial charge in [-0.1, -0.05) is 36.4 Å². The summed E-state index contributed by atoms with van der Waals surface area (Å²) in [4.78, 5) is 28.4. The Morgan fingerprint density at radius 1 is 1.23 bits per heavy atom. The third kappa shape index (κ3) is 4.68. The van der Waals surface area contributed by atoms with Crippen molar-refractivity contribution in [2.45, 2.75) is 42.3 Å². The molecule has 2 aliphatic rings. The van der Waals surface area contributed by atoms with E-state index in [1.807, 2.05) is 18.2 Å². The molecule has 1 aliphatic heterocycles. The second-order valence-corrected chi connectivity index (χ2v) is 11.1. The second-order valence-electron chi connectivity index (χ2n) is 9.41. The predicted molar refractivity (Wildman–Crippen MR) is 134 cm³/mol. The number of carbonyl (C=O) groups excluding carboxylic acids is 2. The van der Waals surface area contributed by atoms with Crippen LogP contribution in [-0.2, 0) is 19.6 Å². The van der Waals surface area contributed by atoms with Gasteiger partial charge in [0.1, 0.15) is 0 Å². The fourth-order valence-corrected chi connectivity index (χ4v) is 6.54. The Labute approximate surface area is 205 Å². The number of ketones is 1. The van der Waals surface area contributed by atoms with Crippen LogP contribution < -0.4 is 21.6 Å². The first-order chi connectivity index (χ1) is 16.6. The van der Waals surface area contributed by atoms with Gasteiger partial charge in [0.05, 0.1) is 28.3 Å². The molecule has 2 aromatic carbocycles. The van der Waals surface area contributed by atoms with Crippen LogP contribution in [0, 0.1) is 11.8 Å². The van der Waals surface area contributed by atoms with Crippen molar-refractivity contribution in [2.75, 3.05) is 20.1 Å². The summed E-state index contributed by atoms with van der Waals surface area (Å²) < 4.78 is 28.9. The number of likely N-dealkylation sites (N-methyl/N-ethyl adjacent to an activating group) is 1. The number of benzene rings is 2. The van der Waals surface area contributed by atoms with Crippen LogP contribution in [0.3, 0.4) is 0 Å². The summed E-state index contributed by atoms with van der Waals surface area (Å²) in [6, 6.07) is 10.9. The lowest BCUT2D eigenvalue weighted by molar-refractivity contribution is -0.135. The Morgan fingerprint density at radius 3 is 2.63 bits per heavy atom. The average Bonchev–Trinajstić information content (AvgIpc) is 3.46. The molecule has 35 heavy (non-hydrogen) atoms. The van der Waals surface area contributed by atoms with Gasteiger partial charge in [0, 0.05) is 31.2 Å². The van der Waals surface area contributed by atoms with Crippen LogP contribution in [0.1, 0.15) is 19.8 Å². The standard InChI is InChI=1S/C24H32N6O4S/c1-15(29-35(33,34)19-11-5-8-16-7-3-4-10-18(16)19)22(31)20-21(24(20,25)14-28-26)23(32)30(2)17-9-6-12-27-13-17/h3-5,7-8,10-11,14-15,17,20-21,27,29H,6,9,12-13,25-26H2,1-2H3/t15-,17?,20?,21+,24?/m0/s1. The minimum absolute atomic E-state index is 0.00560. The molecule has 5 atom stereocenters. The maximum Gasteiger partial charge on any atom is 0.241 e. The zero-order valence-corrected chi connectivity index (χ0v) is 20.7. The number of nitrogens with one attached hydrogen (secondary N) is 2. The van der Waals surface area contributed by atoms with Gasteiger partial charge >= 0.3 is 0 Å². The molecule has 0 bridgehead atoms. The monoisotopic (exact) mass is 500 g/mol. The summed E-state index contributed by atoms with van der Waals surface area (Å²) in [6.07, 6.45) is 3.02. The number of piperidine rings is 1. The van der Waals surface area contributed by atoms with Crippen LogP contribution in [0.2, 0.25) is 0 Å². The van der Waals surface area contributed by atoms with Gasteiger partial charge in [0.15, 0.2) is 5.78 Å². The van der Waals surface area contributed by atoms with Gasteiger partial charge < -0.3 is 21.8 Å². The van der Waals surface area contributed by atoms with E-state index in [9.17, 15) is 18.0 Å². The van der Waals surface area contributed by atoms with Crippen LogP contribution in [-0.4, -0.2) is 69.0 Å². The minimum Gasteiger partial charge on any atom is -0.341 e. The molecule has 1 heterocycles. The summed E-state index contributed by atoms with van der Waals surface area (Å²) >= 11 is 0. The molecule has 2 fully saturated rings. The van der Waals surface area contributed by atoms with Gasteiger partial charge in [0.25, 0.3) is 0 Å². The van der Waals surface area contributed by atoms with E-state index in [2.05, 4.69) is 15.1 Å². The Balaban J connectivity index is 1.54. The lowest BCUT2D eigenvalue weighted by Crippen LogP contribution is -2.48. The van der Waals surface area contributed by atoms with Crippen molar-refractivity contribution in [2.24, 2.45) is 28.5 Å². The number of fused-ring (bicyclic) bond motifs is 1. The first kappa shape index (κ1) is 25.2. The number of nitrogens with zero attached hydrogens (tertiary/aromatic N) is 2. The van der Waals surface area contributed by atoms with Crippen molar-refractivity contribution in [3.8, 4) is 0 Å². The molecule has 3 unspecified atom stereocenters. The van der Waals surface area contributed by atoms with Crippen LogP contribution in [0.15, 0.2) is 52.5 Å². The molecule has 188 valence electrons. The largest absolute Gasteiger partial charge is 0.341 e. The van der Waals surface area contributed by atoms with Crippen LogP contribution in [0.25, 0.3) is 10.8 Å². The average molecular weight is 501 g/mol. The summed E-state index contributed by atoms with van der Waals surface area (Å²) in [5.41, 5.74) is 5.05. The van der Waals surface area contributed by atoms with Gasteiger partial charge in [-0.05, 0) is 37.8 Å². The molecule has 11 heteroatoms. The van der Waals surface area contributed by atoms with E-state index in [4.69, 9.17) is 11.6 Å². The topological polar surface area (TPSA) is 160 Å². The van der Waals surface area contributed by atoms with Crippen LogP contribution in [0.5, 0.6) is 0 Å². The zero-order chi connectivity index (χ0) is 25.4. The Morgan fingerprint density at radius 2 is 1.94 bits per heavy atom. The number of sulfonamides is 1. The highest BCUT2D eigenvalue weighted by atomic mass is 32.2. The van der Waals surface area contributed by atoms with E-state index >= 15 is 0 Å². The maximum absolute atomic E-state index is 13.4. The lowest BCUT2D eigenvalue weighted by atomic mass is 10.0. The molecule has 0 aromatic heterocycles. The summed E-state index contributed by atoms with van der Waals surface area (Å²) in [5, 5.41) is 8.08.